The van der Waals surface area contributed by atoms with Gasteiger partial charge < -0.3 is 15.0 Å². The van der Waals surface area contributed by atoms with Gasteiger partial charge in [0.2, 0.25) is 11.8 Å². The van der Waals surface area contributed by atoms with E-state index in [1.165, 1.54) is 0 Å². The third-order valence-electron chi connectivity index (χ3n) is 4.47. The van der Waals surface area contributed by atoms with Crippen molar-refractivity contribution in [3.63, 3.8) is 0 Å². The van der Waals surface area contributed by atoms with Crippen molar-refractivity contribution in [2.45, 2.75) is 13.0 Å². The Morgan fingerprint density at radius 3 is 2.92 bits per heavy atom. The third kappa shape index (κ3) is 3.15. The first-order chi connectivity index (χ1) is 12.6. The van der Waals surface area contributed by atoms with Crippen LogP contribution in [0.4, 0.5) is 5.69 Å². The molecule has 0 spiro atoms. The van der Waals surface area contributed by atoms with Crippen molar-refractivity contribution in [2.24, 2.45) is 5.92 Å². The SMILES string of the molecule is COc1ccc(N2CC(C(=O)NCc3cn4ccsc4n3)CC2=O)cc1. The molecule has 0 radical (unpaired) electrons. The molecule has 1 N–H and O–H groups in total. The van der Waals surface area contributed by atoms with Gasteiger partial charge in [-0.05, 0) is 24.3 Å². The second kappa shape index (κ2) is 6.80. The number of thiazole rings is 1. The molecule has 26 heavy (non-hydrogen) atoms. The van der Waals surface area contributed by atoms with Crippen molar-refractivity contribution < 1.29 is 14.3 Å². The summed E-state index contributed by atoms with van der Waals surface area (Å²) in [5, 5.41) is 4.85. The van der Waals surface area contributed by atoms with Gasteiger partial charge in [-0.15, -0.1) is 11.3 Å². The first-order valence-corrected chi connectivity index (χ1v) is 9.15. The lowest BCUT2D eigenvalue weighted by Crippen LogP contribution is -2.32. The number of anilines is 1. The number of carbonyl (C=O) groups excluding carboxylic acids is 2. The van der Waals surface area contributed by atoms with Crippen LogP contribution < -0.4 is 15.0 Å². The van der Waals surface area contributed by atoms with Gasteiger partial charge >= 0.3 is 0 Å². The number of methoxy groups -OCH3 is 1. The molecule has 134 valence electrons. The molecule has 2 amide bonds. The van der Waals surface area contributed by atoms with Crippen LogP contribution in [0.15, 0.2) is 42.0 Å². The zero-order valence-electron chi connectivity index (χ0n) is 14.2. The zero-order valence-corrected chi connectivity index (χ0v) is 15.0. The molecule has 1 unspecified atom stereocenters. The highest BCUT2D eigenvalue weighted by molar-refractivity contribution is 7.15. The van der Waals surface area contributed by atoms with E-state index in [0.717, 1.165) is 22.1 Å². The molecule has 3 aromatic rings. The topological polar surface area (TPSA) is 75.9 Å². The molecule has 8 heteroatoms. The summed E-state index contributed by atoms with van der Waals surface area (Å²) in [6.07, 6.45) is 4.05. The Bertz CT molecular complexity index is 918. The molecular weight excluding hydrogens is 352 g/mol. The van der Waals surface area contributed by atoms with Gasteiger partial charge in [0, 0.05) is 36.4 Å². The average molecular weight is 370 g/mol. The number of imidazole rings is 1. The molecule has 3 heterocycles. The predicted molar refractivity (Wildman–Crippen MR) is 98.4 cm³/mol. The lowest BCUT2D eigenvalue weighted by Gasteiger charge is -2.17. The minimum absolute atomic E-state index is 0.0437. The summed E-state index contributed by atoms with van der Waals surface area (Å²) in [7, 11) is 1.60. The Kier molecular flexibility index (Phi) is 4.34. The van der Waals surface area contributed by atoms with Crippen LogP contribution in [-0.2, 0) is 16.1 Å². The summed E-state index contributed by atoms with van der Waals surface area (Å²) in [6, 6.07) is 7.27. The van der Waals surface area contributed by atoms with Gasteiger partial charge in [-0.1, -0.05) is 0 Å². The molecule has 1 aliphatic heterocycles. The smallest absolute Gasteiger partial charge is 0.227 e. The predicted octanol–water partition coefficient (Wildman–Crippen LogP) is 2.07. The number of nitrogens with zero attached hydrogens (tertiary/aromatic N) is 3. The van der Waals surface area contributed by atoms with Crippen LogP contribution in [0.1, 0.15) is 12.1 Å². The van der Waals surface area contributed by atoms with Gasteiger partial charge in [0.1, 0.15) is 5.75 Å². The second-order valence-corrected chi connectivity index (χ2v) is 7.02. The van der Waals surface area contributed by atoms with Crippen LogP contribution in [0, 0.1) is 5.92 Å². The Labute approximate surface area is 154 Å². The molecular formula is C18H18N4O3S. The summed E-state index contributed by atoms with van der Waals surface area (Å²) >= 11 is 1.55. The van der Waals surface area contributed by atoms with Crippen molar-refractivity contribution in [3.8, 4) is 5.75 Å². The van der Waals surface area contributed by atoms with E-state index in [4.69, 9.17) is 4.74 Å². The van der Waals surface area contributed by atoms with Gasteiger partial charge in [0.25, 0.3) is 0 Å². The van der Waals surface area contributed by atoms with Crippen molar-refractivity contribution in [1.82, 2.24) is 14.7 Å². The molecule has 4 rings (SSSR count). The summed E-state index contributed by atoms with van der Waals surface area (Å²) in [6.45, 7) is 0.746. The minimum atomic E-state index is -0.353. The van der Waals surface area contributed by atoms with Crippen LogP contribution in [0.25, 0.3) is 4.96 Å². The van der Waals surface area contributed by atoms with Gasteiger partial charge in [0.05, 0.1) is 25.3 Å². The average Bonchev–Trinajstić information content (AvgIpc) is 3.34. The number of benzene rings is 1. The van der Waals surface area contributed by atoms with Crippen LogP contribution in [0.3, 0.4) is 0 Å². The Morgan fingerprint density at radius 2 is 2.19 bits per heavy atom. The number of amides is 2. The molecule has 2 aromatic heterocycles. The monoisotopic (exact) mass is 370 g/mol. The van der Waals surface area contributed by atoms with Crippen molar-refractivity contribution in [1.29, 1.82) is 0 Å². The fourth-order valence-corrected chi connectivity index (χ4v) is 3.80. The van der Waals surface area contributed by atoms with E-state index in [-0.39, 0.29) is 24.2 Å². The lowest BCUT2D eigenvalue weighted by atomic mass is 10.1. The quantitative estimate of drug-likeness (QED) is 0.746. The van der Waals surface area contributed by atoms with E-state index in [2.05, 4.69) is 10.3 Å². The van der Waals surface area contributed by atoms with E-state index >= 15 is 0 Å². The van der Waals surface area contributed by atoms with E-state index in [1.807, 2.05) is 34.3 Å². The normalized spacial score (nSPS) is 17.0. The van der Waals surface area contributed by atoms with Crippen LogP contribution in [-0.4, -0.2) is 34.9 Å². The van der Waals surface area contributed by atoms with Crippen LogP contribution >= 0.6 is 11.3 Å². The van der Waals surface area contributed by atoms with Crippen LogP contribution in [0.5, 0.6) is 5.75 Å². The molecule has 1 saturated heterocycles. The third-order valence-corrected chi connectivity index (χ3v) is 5.24. The Balaban J connectivity index is 1.37. The van der Waals surface area contributed by atoms with E-state index in [0.29, 0.717) is 13.1 Å². The van der Waals surface area contributed by atoms with Crippen molar-refractivity contribution in [3.05, 3.63) is 47.7 Å². The minimum Gasteiger partial charge on any atom is -0.497 e. The molecule has 0 saturated carbocycles. The molecule has 1 aromatic carbocycles. The number of hydrogen-bond acceptors (Lipinski definition) is 5. The van der Waals surface area contributed by atoms with Crippen molar-refractivity contribution >= 4 is 33.8 Å². The van der Waals surface area contributed by atoms with Crippen LogP contribution in [0.2, 0.25) is 0 Å². The maximum Gasteiger partial charge on any atom is 0.227 e. The number of rotatable bonds is 5. The number of hydrogen-bond donors (Lipinski definition) is 1. The zero-order chi connectivity index (χ0) is 18.1. The standard InChI is InChI=1S/C18H18N4O3S/c1-25-15-4-2-14(3-5-15)22-10-12(8-16(22)23)17(24)19-9-13-11-21-6-7-26-18(21)20-13/h2-7,11-12H,8-10H2,1H3,(H,19,24). The van der Waals surface area contributed by atoms with Crippen molar-refractivity contribution in [2.75, 3.05) is 18.6 Å². The van der Waals surface area contributed by atoms with Gasteiger partial charge in [-0.25, -0.2) is 4.98 Å². The Hall–Kier alpha value is -2.87. The first kappa shape index (κ1) is 16.6. The van der Waals surface area contributed by atoms with Gasteiger partial charge in [-0.3, -0.25) is 14.0 Å². The molecule has 7 nitrogen and oxygen atoms in total. The second-order valence-electron chi connectivity index (χ2n) is 6.15. The number of nitrogens with one attached hydrogen (secondary N) is 1. The Morgan fingerprint density at radius 1 is 1.38 bits per heavy atom. The summed E-state index contributed by atoms with van der Waals surface area (Å²) < 4.78 is 7.06. The molecule has 1 fully saturated rings. The lowest BCUT2D eigenvalue weighted by molar-refractivity contribution is -0.126. The number of carbonyl (C=O) groups is 2. The maximum absolute atomic E-state index is 12.5. The number of aromatic nitrogens is 2. The largest absolute Gasteiger partial charge is 0.497 e. The first-order valence-electron chi connectivity index (χ1n) is 8.27. The summed E-state index contributed by atoms with van der Waals surface area (Å²) in [5.74, 6) is 0.214. The molecule has 1 aliphatic rings. The molecule has 0 bridgehead atoms. The van der Waals surface area contributed by atoms with E-state index in [1.54, 1.807) is 35.5 Å². The van der Waals surface area contributed by atoms with E-state index in [9.17, 15) is 9.59 Å². The highest BCUT2D eigenvalue weighted by Gasteiger charge is 2.35. The summed E-state index contributed by atoms with van der Waals surface area (Å²) in [5.41, 5.74) is 1.59. The number of fused-ring (bicyclic) bond motifs is 1. The highest BCUT2D eigenvalue weighted by atomic mass is 32.1. The fourth-order valence-electron chi connectivity index (χ4n) is 3.08. The fraction of sp³-hybridized carbons (Fsp3) is 0.278. The van der Waals surface area contributed by atoms with Gasteiger partial charge in [-0.2, -0.15) is 0 Å². The highest BCUT2D eigenvalue weighted by Crippen LogP contribution is 2.27. The summed E-state index contributed by atoms with van der Waals surface area (Å²) in [4.78, 5) is 31.7. The van der Waals surface area contributed by atoms with E-state index < -0.39 is 0 Å². The maximum atomic E-state index is 12.5. The van der Waals surface area contributed by atoms with Gasteiger partial charge in [0.15, 0.2) is 4.96 Å². The molecule has 0 aliphatic carbocycles. The number of ether oxygens (including phenoxy) is 1. The molecule has 1 atom stereocenters.